The lowest BCUT2D eigenvalue weighted by Gasteiger charge is -2.18. The number of hydrogen-bond donors (Lipinski definition) is 2. The molecule has 2 aliphatic rings. The molecule has 0 spiro atoms. The fourth-order valence-electron chi connectivity index (χ4n) is 3.39. The van der Waals surface area contributed by atoms with Crippen molar-refractivity contribution in [3.8, 4) is 11.4 Å². The van der Waals surface area contributed by atoms with Gasteiger partial charge in [0.15, 0.2) is 5.82 Å². The van der Waals surface area contributed by atoms with Crippen molar-refractivity contribution in [1.29, 1.82) is 0 Å². The van der Waals surface area contributed by atoms with E-state index in [2.05, 4.69) is 26.2 Å². The Hall–Kier alpha value is -2.52. The van der Waals surface area contributed by atoms with Crippen molar-refractivity contribution >= 4 is 6.03 Å². The molecule has 9 nitrogen and oxygen atoms in total. The maximum atomic E-state index is 11.8. The molecule has 0 bridgehead atoms. The molecule has 0 saturated carbocycles. The summed E-state index contributed by atoms with van der Waals surface area (Å²) in [5.41, 5.74) is 0.936. The van der Waals surface area contributed by atoms with E-state index in [1.165, 1.54) is 0 Å². The van der Waals surface area contributed by atoms with E-state index < -0.39 is 0 Å². The molecule has 25 heavy (non-hydrogen) atoms. The molecule has 2 fully saturated rings. The lowest BCUT2D eigenvalue weighted by atomic mass is 10.1. The summed E-state index contributed by atoms with van der Waals surface area (Å²) in [6, 6.07) is 9.24. The molecular formula is C16H20N6O3. The molecule has 9 heteroatoms. The minimum absolute atomic E-state index is 0.128. The second-order valence-corrected chi connectivity index (χ2v) is 6.09. The first-order valence-corrected chi connectivity index (χ1v) is 8.38. The van der Waals surface area contributed by atoms with Crippen LogP contribution in [0.3, 0.4) is 0 Å². The lowest BCUT2D eigenvalue weighted by molar-refractivity contribution is 0.0624. The van der Waals surface area contributed by atoms with Crippen molar-refractivity contribution in [3.05, 3.63) is 30.3 Å². The van der Waals surface area contributed by atoms with E-state index in [9.17, 15) is 4.79 Å². The number of aromatic nitrogens is 4. The highest BCUT2D eigenvalue weighted by atomic mass is 16.6. The van der Waals surface area contributed by atoms with Crippen molar-refractivity contribution in [2.75, 3.05) is 19.8 Å². The minimum atomic E-state index is -0.212. The van der Waals surface area contributed by atoms with Crippen LogP contribution in [0.15, 0.2) is 30.3 Å². The SMILES string of the molecule is CCNC(=O)NC1COC2C1OCC2n1nnnc1-c1ccccc1. The van der Waals surface area contributed by atoms with Crippen LogP contribution in [0, 0.1) is 0 Å². The van der Waals surface area contributed by atoms with Crippen molar-refractivity contribution in [3.63, 3.8) is 0 Å². The van der Waals surface area contributed by atoms with Crippen LogP contribution in [0.4, 0.5) is 4.79 Å². The van der Waals surface area contributed by atoms with Crippen molar-refractivity contribution in [2.45, 2.75) is 31.2 Å². The summed E-state index contributed by atoms with van der Waals surface area (Å²) in [5.74, 6) is 0.679. The third-order valence-electron chi connectivity index (χ3n) is 4.52. The summed E-state index contributed by atoms with van der Waals surface area (Å²) in [6.07, 6.45) is -0.404. The maximum Gasteiger partial charge on any atom is 0.315 e. The molecule has 4 atom stereocenters. The predicted octanol–water partition coefficient (Wildman–Crippen LogP) is 0.367. The van der Waals surface area contributed by atoms with Crippen LogP contribution >= 0.6 is 0 Å². The topological polar surface area (TPSA) is 103 Å². The van der Waals surface area contributed by atoms with Gasteiger partial charge in [-0.05, 0) is 17.4 Å². The third kappa shape index (κ3) is 2.96. The smallest absolute Gasteiger partial charge is 0.315 e. The average Bonchev–Trinajstić information content (AvgIpc) is 3.33. The van der Waals surface area contributed by atoms with Gasteiger partial charge >= 0.3 is 6.03 Å². The molecule has 2 aromatic rings. The Morgan fingerprint density at radius 2 is 2.04 bits per heavy atom. The molecule has 3 heterocycles. The summed E-state index contributed by atoms with van der Waals surface area (Å²) in [7, 11) is 0. The number of carbonyl (C=O) groups is 1. The highest BCUT2D eigenvalue weighted by Gasteiger charge is 2.50. The first kappa shape index (κ1) is 16.0. The number of urea groups is 1. The number of benzene rings is 1. The zero-order chi connectivity index (χ0) is 17.2. The average molecular weight is 344 g/mol. The maximum absolute atomic E-state index is 11.8. The number of rotatable bonds is 4. The van der Waals surface area contributed by atoms with Crippen molar-refractivity contribution < 1.29 is 14.3 Å². The van der Waals surface area contributed by atoms with Crippen LogP contribution in [0.1, 0.15) is 13.0 Å². The molecule has 1 aromatic carbocycles. The van der Waals surface area contributed by atoms with E-state index in [1.54, 1.807) is 4.68 Å². The normalized spacial score (nSPS) is 27.9. The zero-order valence-corrected chi connectivity index (χ0v) is 13.8. The Kier molecular flexibility index (Phi) is 4.33. The highest BCUT2D eigenvalue weighted by molar-refractivity contribution is 5.74. The van der Waals surface area contributed by atoms with E-state index in [0.717, 1.165) is 5.56 Å². The van der Waals surface area contributed by atoms with Gasteiger partial charge in [0.25, 0.3) is 0 Å². The first-order chi connectivity index (χ1) is 12.3. The third-order valence-corrected chi connectivity index (χ3v) is 4.52. The van der Waals surface area contributed by atoms with Gasteiger partial charge in [0.2, 0.25) is 0 Å². The van der Waals surface area contributed by atoms with E-state index in [-0.39, 0.29) is 30.3 Å². The standard InChI is InChI=1S/C16H20N6O3/c1-2-17-16(23)18-11-8-24-14-12(9-25-13(11)14)22-15(19-20-21-22)10-6-4-3-5-7-10/h3-7,11-14H,2,8-9H2,1H3,(H2,17,18,23). The zero-order valence-electron chi connectivity index (χ0n) is 13.8. The van der Waals surface area contributed by atoms with Gasteiger partial charge in [-0.2, -0.15) is 0 Å². The summed E-state index contributed by atoms with van der Waals surface area (Å²) >= 11 is 0. The Labute approximate surface area is 144 Å². The molecule has 2 N–H and O–H groups in total. The van der Waals surface area contributed by atoms with Gasteiger partial charge in [-0.15, -0.1) is 5.10 Å². The van der Waals surface area contributed by atoms with Crippen LogP contribution in [0.2, 0.25) is 0 Å². The summed E-state index contributed by atoms with van der Waals surface area (Å²) in [6.45, 7) is 3.29. The summed E-state index contributed by atoms with van der Waals surface area (Å²) in [4.78, 5) is 11.8. The quantitative estimate of drug-likeness (QED) is 0.830. The second-order valence-electron chi connectivity index (χ2n) is 6.09. The molecule has 4 unspecified atom stereocenters. The molecule has 132 valence electrons. The van der Waals surface area contributed by atoms with Crippen molar-refractivity contribution in [2.24, 2.45) is 0 Å². The second kappa shape index (κ2) is 6.77. The van der Waals surface area contributed by atoms with Gasteiger partial charge in [-0.1, -0.05) is 30.3 Å². The number of tetrazole rings is 1. The Balaban J connectivity index is 1.52. The molecule has 2 aliphatic heterocycles. The van der Waals surface area contributed by atoms with Crippen LogP contribution in [0.25, 0.3) is 11.4 Å². The van der Waals surface area contributed by atoms with Crippen LogP contribution in [-0.4, -0.2) is 64.2 Å². The number of ether oxygens (including phenoxy) is 2. The van der Waals surface area contributed by atoms with Crippen LogP contribution in [0.5, 0.6) is 0 Å². The fraction of sp³-hybridized carbons (Fsp3) is 0.500. The van der Waals surface area contributed by atoms with Gasteiger partial charge < -0.3 is 20.1 Å². The number of hydrogen-bond acceptors (Lipinski definition) is 6. The molecule has 4 rings (SSSR count). The summed E-state index contributed by atoms with van der Waals surface area (Å²) < 4.78 is 13.6. The number of carbonyl (C=O) groups excluding carboxylic acids is 1. The Morgan fingerprint density at radius 1 is 1.24 bits per heavy atom. The minimum Gasteiger partial charge on any atom is -0.371 e. The molecule has 2 saturated heterocycles. The molecule has 0 aliphatic carbocycles. The fourth-order valence-corrected chi connectivity index (χ4v) is 3.39. The predicted molar refractivity (Wildman–Crippen MR) is 87.8 cm³/mol. The largest absolute Gasteiger partial charge is 0.371 e. The van der Waals surface area contributed by atoms with Crippen LogP contribution in [-0.2, 0) is 9.47 Å². The van der Waals surface area contributed by atoms with E-state index in [0.29, 0.717) is 25.6 Å². The van der Waals surface area contributed by atoms with Gasteiger partial charge in [0.05, 0.1) is 19.3 Å². The van der Waals surface area contributed by atoms with Gasteiger partial charge in [-0.25, -0.2) is 9.48 Å². The van der Waals surface area contributed by atoms with Crippen molar-refractivity contribution in [1.82, 2.24) is 30.8 Å². The summed E-state index contributed by atoms with van der Waals surface area (Å²) in [5, 5.41) is 17.7. The van der Waals surface area contributed by atoms with Gasteiger partial charge in [0.1, 0.15) is 18.2 Å². The Bertz CT molecular complexity index is 736. The number of nitrogens with one attached hydrogen (secondary N) is 2. The molecule has 0 radical (unpaired) electrons. The Morgan fingerprint density at radius 3 is 2.84 bits per heavy atom. The molecular weight excluding hydrogens is 324 g/mol. The molecule has 2 amide bonds. The number of nitrogens with zero attached hydrogens (tertiary/aromatic N) is 4. The first-order valence-electron chi connectivity index (χ1n) is 8.38. The van der Waals surface area contributed by atoms with E-state index >= 15 is 0 Å². The van der Waals surface area contributed by atoms with E-state index in [4.69, 9.17) is 9.47 Å². The number of amides is 2. The molecule has 1 aromatic heterocycles. The van der Waals surface area contributed by atoms with E-state index in [1.807, 2.05) is 37.3 Å². The lowest BCUT2D eigenvalue weighted by Crippen LogP contribution is -2.48. The van der Waals surface area contributed by atoms with Crippen LogP contribution < -0.4 is 10.6 Å². The monoisotopic (exact) mass is 344 g/mol. The van der Waals surface area contributed by atoms with Gasteiger partial charge in [0, 0.05) is 12.1 Å². The number of fused-ring (bicyclic) bond motifs is 1. The highest BCUT2D eigenvalue weighted by Crippen LogP contribution is 2.35. The van der Waals surface area contributed by atoms with Gasteiger partial charge in [-0.3, -0.25) is 0 Å².